The van der Waals surface area contributed by atoms with E-state index < -0.39 is 0 Å². The minimum atomic E-state index is 1.19. The fourth-order valence-corrected chi connectivity index (χ4v) is 2.47. The molecule has 1 aromatic rings. The minimum Gasteiger partial charge on any atom is -0.353 e. The molecule has 0 spiro atoms. The third kappa shape index (κ3) is 1.33. The Bertz CT molecular complexity index is 288. The summed E-state index contributed by atoms with van der Waals surface area (Å²) in [6.07, 6.45) is 6.60. The summed E-state index contributed by atoms with van der Waals surface area (Å²) in [6.45, 7) is 2.20. The summed E-state index contributed by atoms with van der Waals surface area (Å²) < 4.78 is 1.19. The molecular formula is C10H14BrN. The van der Waals surface area contributed by atoms with Crippen LogP contribution in [0.3, 0.4) is 0 Å². The van der Waals surface area contributed by atoms with Crippen molar-refractivity contribution in [2.45, 2.75) is 39.0 Å². The van der Waals surface area contributed by atoms with Gasteiger partial charge < -0.3 is 4.98 Å². The Kier molecular flexibility index (Phi) is 2.26. The molecule has 0 aliphatic heterocycles. The van der Waals surface area contributed by atoms with Crippen molar-refractivity contribution in [1.29, 1.82) is 0 Å². The van der Waals surface area contributed by atoms with E-state index in [4.69, 9.17) is 0 Å². The highest BCUT2D eigenvalue weighted by atomic mass is 79.9. The molecule has 0 atom stereocenters. The van der Waals surface area contributed by atoms with Gasteiger partial charge in [-0.15, -0.1) is 0 Å². The van der Waals surface area contributed by atoms with E-state index in [0.717, 1.165) is 0 Å². The van der Waals surface area contributed by atoms with E-state index in [0.29, 0.717) is 0 Å². The lowest BCUT2D eigenvalue weighted by atomic mass is 10.1. The monoisotopic (exact) mass is 227 g/mol. The van der Waals surface area contributed by atoms with Gasteiger partial charge in [0.05, 0.1) is 4.60 Å². The molecule has 0 unspecified atom stereocenters. The van der Waals surface area contributed by atoms with Crippen LogP contribution in [-0.2, 0) is 12.8 Å². The van der Waals surface area contributed by atoms with E-state index >= 15 is 0 Å². The molecule has 0 amide bonds. The molecule has 0 saturated heterocycles. The van der Waals surface area contributed by atoms with E-state index in [2.05, 4.69) is 27.8 Å². The van der Waals surface area contributed by atoms with Gasteiger partial charge in [-0.05, 0) is 59.7 Å². The topological polar surface area (TPSA) is 15.8 Å². The molecule has 1 aliphatic carbocycles. The zero-order valence-corrected chi connectivity index (χ0v) is 9.00. The molecule has 12 heavy (non-hydrogen) atoms. The minimum absolute atomic E-state index is 1.19. The lowest BCUT2D eigenvalue weighted by Crippen LogP contribution is -1.87. The average molecular weight is 228 g/mol. The maximum absolute atomic E-state index is 3.55. The Hall–Kier alpha value is -0.240. The van der Waals surface area contributed by atoms with Crippen LogP contribution in [0.2, 0.25) is 0 Å². The molecule has 0 saturated carbocycles. The second-order valence-electron chi connectivity index (χ2n) is 3.58. The predicted octanol–water partition coefficient (Wildman–Crippen LogP) is 3.35. The van der Waals surface area contributed by atoms with E-state index in [-0.39, 0.29) is 0 Å². The van der Waals surface area contributed by atoms with Crippen molar-refractivity contribution in [1.82, 2.24) is 4.98 Å². The van der Waals surface area contributed by atoms with Crippen molar-refractivity contribution in [3.05, 3.63) is 21.4 Å². The molecule has 2 rings (SSSR count). The van der Waals surface area contributed by atoms with Gasteiger partial charge in [-0.25, -0.2) is 0 Å². The number of nitrogens with one attached hydrogen (secondary N) is 1. The average Bonchev–Trinajstić information content (AvgIpc) is 2.30. The van der Waals surface area contributed by atoms with Crippen molar-refractivity contribution in [3.8, 4) is 0 Å². The molecule has 1 aromatic heterocycles. The van der Waals surface area contributed by atoms with Crippen LogP contribution in [0.5, 0.6) is 0 Å². The number of rotatable bonds is 0. The molecule has 1 nitrogen and oxygen atoms in total. The predicted molar refractivity (Wildman–Crippen MR) is 54.5 cm³/mol. The summed E-state index contributed by atoms with van der Waals surface area (Å²) >= 11 is 3.55. The molecule has 66 valence electrons. The first-order chi connectivity index (χ1) is 5.79. The van der Waals surface area contributed by atoms with Gasteiger partial charge in [0.25, 0.3) is 0 Å². The van der Waals surface area contributed by atoms with Crippen molar-refractivity contribution in [2.75, 3.05) is 0 Å². The summed E-state index contributed by atoms with van der Waals surface area (Å²) in [6, 6.07) is 0. The Balaban J connectivity index is 2.42. The third-order valence-corrected chi connectivity index (χ3v) is 3.55. The first-order valence-electron chi connectivity index (χ1n) is 4.65. The van der Waals surface area contributed by atoms with Crippen molar-refractivity contribution in [2.24, 2.45) is 0 Å². The smallest absolute Gasteiger partial charge is 0.0854 e. The van der Waals surface area contributed by atoms with Gasteiger partial charge in [-0.2, -0.15) is 0 Å². The number of halogens is 1. The van der Waals surface area contributed by atoms with Gasteiger partial charge in [-0.1, -0.05) is 6.42 Å². The van der Waals surface area contributed by atoms with Gasteiger partial charge in [0.2, 0.25) is 0 Å². The molecular weight excluding hydrogens is 214 g/mol. The first-order valence-corrected chi connectivity index (χ1v) is 5.44. The standard InChI is InChI=1S/C10H14BrN/c1-7-8-5-3-2-4-6-9(8)12-10(7)11/h12H,2-6H2,1H3. The number of hydrogen-bond donors (Lipinski definition) is 1. The van der Waals surface area contributed by atoms with Crippen LogP contribution >= 0.6 is 15.9 Å². The Morgan fingerprint density at radius 1 is 1.17 bits per heavy atom. The maximum Gasteiger partial charge on any atom is 0.0854 e. The van der Waals surface area contributed by atoms with Crippen LogP contribution in [0.25, 0.3) is 0 Å². The summed E-state index contributed by atoms with van der Waals surface area (Å²) in [5.41, 5.74) is 4.46. The summed E-state index contributed by atoms with van der Waals surface area (Å²) in [5.74, 6) is 0. The number of fused-ring (bicyclic) bond motifs is 1. The van der Waals surface area contributed by atoms with Crippen LogP contribution in [0.4, 0.5) is 0 Å². The molecule has 1 aliphatic rings. The summed E-state index contributed by atoms with van der Waals surface area (Å²) in [4.78, 5) is 3.42. The van der Waals surface area contributed by atoms with Gasteiger partial charge in [0.1, 0.15) is 0 Å². The number of hydrogen-bond acceptors (Lipinski definition) is 0. The van der Waals surface area contributed by atoms with Gasteiger partial charge in [0.15, 0.2) is 0 Å². The Morgan fingerprint density at radius 2 is 1.92 bits per heavy atom. The molecule has 1 heterocycles. The highest BCUT2D eigenvalue weighted by molar-refractivity contribution is 9.10. The number of aryl methyl sites for hydroxylation is 1. The van der Waals surface area contributed by atoms with E-state index in [1.807, 2.05) is 0 Å². The molecule has 2 heteroatoms. The fourth-order valence-electron chi connectivity index (χ4n) is 1.99. The van der Waals surface area contributed by atoms with Crippen LogP contribution < -0.4 is 0 Å². The van der Waals surface area contributed by atoms with Gasteiger partial charge in [-0.3, -0.25) is 0 Å². The van der Waals surface area contributed by atoms with Crippen molar-refractivity contribution < 1.29 is 0 Å². The zero-order valence-electron chi connectivity index (χ0n) is 7.41. The van der Waals surface area contributed by atoms with Crippen LogP contribution in [-0.4, -0.2) is 4.98 Å². The molecule has 0 fully saturated rings. The Labute approximate surface area is 81.7 Å². The second kappa shape index (κ2) is 3.25. The Morgan fingerprint density at radius 3 is 2.75 bits per heavy atom. The number of H-pyrrole nitrogens is 1. The SMILES string of the molecule is Cc1c(Br)[nH]c2c1CCCCC2. The largest absolute Gasteiger partial charge is 0.353 e. The summed E-state index contributed by atoms with van der Waals surface area (Å²) in [5, 5.41) is 0. The highest BCUT2D eigenvalue weighted by Gasteiger charge is 2.14. The molecule has 0 radical (unpaired) electrons. The second-order valence-corrected chi connectivity index (χ2v) is 4.37. The van der Waals surface area contributed by atoms with Crippen LogP contribution in [0.1, 0.15) is 36.1 Å². The zero-order chi connectivity index (χ0) is 8.55. The number of aromatic amines is 1. The molecule has 0 aromatic carbocycles. The van der Waals surface area contributed by atoms with E-state index in [1.165, 1.54) is 48.0 Å². The number of aromatic nitrogens is 1. The third-order valence-electron chi connectivity index (χ3n) is 2.76. The fraction of sp³-hybridized carbons (Fsp3) is 0.600. The normalized spacial score (nSPS) is 17.2. The first kappa shape index (κ1) is 8.36. The summed E-state index contributed by atoms with van der Waals surface area (Å²) in [7, 11) is 0. The molecule has 1 N–H and O–H groups in total. The quantitative estimate of drug-likeness (QED) is 0.655. The van der Waals surface area contributed by atoms with E-state index in [9.17, 15) is 0 Å². The van der Waals surface area contributed by atoms with Crippen molar-refractivity contribution >= 4 is 15.9 Å². The lowest BCUT2D eigenvalue weighted by molar-refractivity contribution is 0.705. The van der Waals surface area contributed by atoms with E-state index in [1.54, 1.807) is 5.56 Å². The molecule has 0 bridgehead atoms. The van der Waals surface area contributed by atoms with Gasteiger partial charge >= 0.3 is 0 Å². The maximum atomic E-state index is 3.55. The highest BCUT2D eigenvalue weighted by Crippen LogP contribution is 2.28. The van der Waals surface area contributed by atoms with Crippen molar-refractivity contribution in [3.63, 3.8) is 0 Å². The van der Waals surface area contributed by atoms with Crippen LogP contribution in [0, 0.1) is 6.92 Å². The lowest BCUT2D eigenvalue weighted by Gasteiger charge is -1.97. The van der Waals surface area contributed by atoms with Crippen LogP contribution in [0.15, 0.2) is 4.60 Å². The van der Waals surface area contributed by atoms with Gasteiger partial charge in [0, 0.05) is 5.69 Å².